The monoisotopic (exact) mass is 227 g/mol. The molecule has 3 aliphatic rings. The maximum Gasteiger partial charge on any atom is 0.0363 e. The fourth-order valence-electron chi connectivity index (χ4n) is 4.21. The van der Waals surface area contributed by atoms with Crippen molar-refractivity contribution >= 4 is 0 Å². The van der Waals surface area contributed by atoms with E-state index in [2.05, 4.69) is 36.1 Å². The van der Waals surface area contributed by atoms with Crippen LogP contribution in [0.4, 0.5) is 0 Å². The molecule has 2 atom stereocenters. The molecule has 17 heavy (non-hydrogen) atoms. The summed E-state index contributed by atoms with van der Waals surface area (Å²) in [7, 11) is 0. The Bertz CT molecular complexity index is 402. The Hall–Kier alpha value is -0.820. The summed E-state index contributed by atoms with van der Waals surface area (Å²) in [6, 6.07) is 11.6. The van der Waals surface area contributed by atoms with E-state index in [4.69, 9.17) is 0 Å². The molecule has 0 radical (unpaired) electrons. The predicted molar refractivity (Wildman–Crippen MR) is 69.8 cm³/mol. The lowest BCUT2D eigenvalue weighted by Crippen LogP contribution is -2.44. The highest BCUT2D eigenvalue weighted by Gasteiger charge is 2.47. The Labute approximate surface area is 104 Å². The van der Waals surface area contributed by atoms with Crippen molar-refractivity contribution in [2.75, 3.05) is 0 Å². The third-order valence-electron chi connectivity index (χ3n) is 5.18. The lowest BCUT2D eigenvalue weighted by molar-refractivity contribution is 0.00372. The molecule has 2 bridgehead atoms. The van der Waals surface area contributed by atoms with Crippen molar-refractivity contribution in [3.63, 3.8) is 0 Å². The fraction of sp³-hybridized carbons (Fsp3) is 0.625. The molecule has 0 aromatic heterocycles. The molecule has 1 heteroatoms. The van der Waals surface area contributed by atoms with E-state index in [9.17, 15) is 0 Å². The third kappa shape index (κ3) is 1.35. The van der Waals surface area contributed by atoms with E-state index in [1.165, 1.54) is 32.1 Å². The molecule has 90 valence electrons. The number of piperidine rings is 1. The van der Waals surface area contributed by atoms with Crippen LogP contribution in [-0.4, -0.2) is 10.9 Å². The second-order valence-corrected chi connectivity index (χ2v) is 6.27. The van der Waals surface area contributed by atoms with Gasteiger partial charge < -0.3 is 0 Å². The van der Waals surface area contributed by atoms with Crippen molar-refractivity contribution in [1.29, 1.82) is 0 Å². The van der Waals surface area contributed by atoms with E-state index in [0.29, 0.717) is 0 Å². The summed E-state index contributed by atoms with van der Waals surface area (Å²) in [6.07, 6.45) is 7.09. The quantitative estimate of drug-likeness (QED) is 0.699. The number of benzene rings is 1. The van der Waals surface area contributed by atoms with Crippen molar-refractivity contribution < 1.29 is 0 Å². The molecule has 0 spiro atoms. The standard InChI is InChI=1S/C16H21N/c1-11-9-15-13-7-2-3-8-14(13)16(10-11)17(15)12-5-4-6-12/h2-3,7-8,11-12,15-16H,4-6,9-10H2,1H3. The molecule has 2 aliphatic heterocycles. The summed E-state index contributed by atoms with van der Waals surface area (Å²) in [5.74, 6) is 0.897. The molecule has 1 saturated carbocycles. The molecule has 1 aromatic rings. The lowest BCUT2D eigenvalue weighted by atomic mass is 9.84. The van der Waals surface area contributed by atoms with Crippen molar-refractivity contribution in [2.45, 2.75) is 57.2 Å². The summed E-state index contributed by atoms with van der Waals surface area (Å²) < 4.78 is 0. The predicted octanol–water partition coefficient (Wildman–Crippen LogP) is 4.07. The van der Waals surface area contributed by atoms with Gasteiger partial charge in [0.05, 0.1) is 0 Å². The van der Waals surface area contributed by atoms with Crippen LogP contribution in [0.15, 0.2) is 24.3 Å². The van der Waals surface area contributed by atoms with Gasteiger partial charge in [-0.15, -0.1) is 0 Å². The second kappa shape index (κ2) is 3.58. The minimum absolute atomic E-state index is 0.741. The average molecular weight is 227 g/mol. The van der Waals surface area contributed by atoms with Crippen molar-refractivity contribution in [1.82, 2.24) is 4.90 Å². The normalized spacial score (nSPS) is 36.6. The van der Waals surface area contributed by atoms with Crippen molar-refractivity contribution in [3.8, 4) is 0 Å². The largest absolute Gasteiger partial charge is 0.286 e. The maximum absolute atomic E-state index is 2.87. The summed E-state index contributed by atoms with van der Waals surface area (Å²) in [5, 5.41) is 0. The molecule has 1 aromatic carbocycles. The summed E-state index contributed by atoms with van der Waals surface area (Å²) in [5.41, 5.74) is 3.29. The first-order valence-electron chi connectivity index (χ1n) is 7.21. The van der Waals surface area contributed by atoms with Crippen LogP contribution < -0.4 is 0 Å². The number of hydrogen-bond acceptors (Lipinski definition) is 1. The molecule has 4 rings (SSSR count). The van der Waals surface area contributed by atoms with Crippen molar-refractivity contribution in [3.05, 3.63) is 35.4 Å². The minimum atomic E-state index is 0.741. The van der Waals surface area contributed by atoms with Gasteiger partial charge in [-0.25, -0.2) is 0 Å². The SMILES string of the molecule is CC1CC2c3ccccc3C(C1)N2C1CCC1. The Morgan fingerprint density at radius 1 is 1.00 bits per heavy atom. The van der Waals surface area contributed by atoms with Crippen LogP contribution >= 0.6 is 0 Å². The topological polar surface area (TPSA) is 3.24 Å². The molecular weight excluding hydrogens is 206 g/mol. The third-order valence-corrected chi connectivity index (χ3v) is 5.18. The smallest absolute Gasteiger partial charge is 0.0363 e. The molecule has 1 nitrogen and oxygen atoms in total. The number of rotatable bonds is 1. The number of nitrogens with zero attached hydrogens (tertiary/aromatic N) is 1. The van der Waals surface area contributed by atoms with Crippen LogP contribution in [0.5, 0.6) is 0 Å². The molecular formula is C16H21N. The van der Waals surface area contributed by atoms with Gasteiger partial charge in [0, 0.05) is 18.1 Å². The van der Waals surface area contributed by atoms with Gasteiger partial charge in [-0.05, 0) is 42.7 Å². The van der Waals surface area contributed by atoms with E-state index in [1.807, 2.05) is 0 Å². The average Bonchev–Trinajstić information content (AvgIpc) is 2.47. The number of hydrogen-bond donors (Lipinski definition) is 0. The first-order chi connectivity index (χ1) is 8.34. The molecule has 2 fully saturated rings. The Kier molecular flexibility index (Phi) is 2.14. The molecule has 1 saturated heterocycles. The maximum atomic E-state index is 2.87. The van der Waals surface area contributed by atoms with Crippen LogP contribution in [-0.2, 0) is 0 Å². The summed E-state index contributed by atoms with van der Waals surface area (Å²) in [6.45, 7) is 2.43. The summed E-state index contributed by atoms with van der Waals surface area (Å²) in [4.78, 5) is 2.87. The van der Waals surface area contributed by atoms with Gasteiger partial charge in [-0.3, -0.25) is 4.90 Å². The zero-order valence-corrected chi connectivity index (χ0v) is 10.6. The van der Waals surface area contributed by atoms with Crippen LogP contribution in [0.25, 0.3) is 0 Å². The first-order valence-corrected chi connectivity index (χ1v) is 7.21. The van der Waals surface area contributed by atoms with E-state index in [-0.39, 0.29) is 0 Å². The highest BCUT2D eigenvalue weighted by Crippen LogP contribution is 2.55. The Morgan fingerprint density at radius 3 is 2.06 bits per heavy atom. The van der Waals surface area contributed by atoms with Gasteiger partial charge in [0.25, 0.3) is 0 Å². The van der Waals surface area contributed by atoms with Gasteiger partial charge in [-0.1, -0.05) is 37.6 Å². The van der Waals surface area contributed by atoms with Gasteiger partial charge in [0.15, 0.2) is 0 Å². The molecule has 1 aliphatic carbocycles. The van der Waals surface area contributed by atoms with E-state index < -0.39 is 0 Å². The first kappa shape index (κ1) is 10.1. The minimum Gasteiger partial charge on any atom is -0.286 e. The van der Waals surface area contributed by atoms with Crippen LogP contribution in [0.2, 0.25) is 0 Å². The molecule has 0 N–H and O–H groups in total. The molecule has 2 heterocycles. The van der Waals surface area contributed by atoms with E-state index >= 15 is 0 Å². The highest BCUT2D eigenvalue weighted by atomic mass is 15.3. The van der Waals surface area contributed by atoms with E-state index in [0.717, 1.165) is 24.0 Å². The Morgan fingerprint density at radius 2 is 1.59 bits per heavy atom. The fourth-order valence-corrected chi connectivity index (χ4v) is 4.21. The van der Waals surface area contributed by atoms with Gasteiger partial charge in [-0.2, -0.15) is 0 Å². The van der Waals surface area contributed by atoms with Gasteiger partial charge in [0.2, 0.25) is 0 Å². The molecule has 0 amide bonds. The van der Waals surface area contributed by atoms with Gasteiger partial charge in [0.1, 0.15) is 0 Å². The van der Waals surface area contributed by atoms with Crippen LogP contribution in [0.3, 0.4) is 0 Å². The van der Waals surface area contributed by atoms with Crippen molar-refractivity contribution in [2.24, 2.45) is 5.92 Å². The number of fused-ring (bicyclic) bond motifs is 5. The van der Waals surface area contributed by atoms with Crippen LogP contribution in [0, 0.1) is 5.92 Å². The zero-order chi connectivity index (χ0) is 11.4. The van der Waals surface area contributed by atoms with Gasteiger partial charge >= 0.3 is 0 Å². The van der Waals surface area contributed by atoms with E-state index in [1.54, 1.807) is 11.1 Å². The second-order valence-electron chi connectivity index (χ2n) is 6.27. The highest BCUT2D eigenvalue weighted by molar-refractivity contribution is 5.39. The van der Waals surface area contributed by atoms with Crippen LogP contribution in [0.1, 0.15) is 62.2 Å². The Balaban J connectivity index is 1.77. The molecule has 2 unspecified atom stereocenters. The lowest BCUT2D eigenvalue weighted by Gasteiger charge is -2.46. The zero-order valence-electron chi connectivity index (χ0n) is 10.6. The summed E-state index contributed by atoms with van der Waals surface area (Å²) >= 11 is 0.